The fraction of sp³-hybridized carbons (Fsp3) is 0.262. The van der Waals surface area contributed by atoms with E-state index in [1.807, 2.05) is 85.7 Å². The van der Waals surface area contributed by atoms with Gasteiger partial charge in [-0.05, 0) is 98.3 Å². The van der Waals surface area contributed by atoms with E-state index >= 15 is 0 Å². The van der Waals surface area contributed by atoms with Crippen molar-refractivity contribution in [1.29, 1.82) is 0 Å². The molecule has 0 bridgehead atoms. The topological polar surface area (TPSA) is 158 Å². The van der Waals surface area contributed by atoms with E-state index in [9.17, 15) is 26.9 Å². The number of nitro groups is 1. The first-order valence-electron chi connectivity index (χ1n) is 19.0. The van der Waals surface area contributed by atoms with Crippen molar-refractivity contribution in [2.45, 2.75) is 33.7 Å². The summed E-state index contributed by atoms with van der Waals surface area (Å²) in [6.45, 7) is 4.25. The number of nitro benzene ring substituents is 1. The molecule has 0 saturated carbocycles. The minimum Gasteiger partial charge on any atom is -0.376 e. The Hall–Kier alpha value is -4.97. The molecule has 1 atom stereocenters. The molecule has 5 aromatic carbocycles. The van der Waals surface area contributed by atoms with Crippen LogP contribution in [0.3, 0.4) is 0 Å². The summed E-state index contributed by atoms with van der Waals surface area (Å²) in [7, 11) is -4.85. The van der Waals surface area contributed by atoms with Crippen LogP contribution in [0.4, 0.5) is 17.1 Å². The highest BCUT2D eigenvalue weighted by atomic mass is 35.5. The molecule has 17 heteroatoms. The van der Waals surface area contributed by atoms with E-state index in [0.717, 1.165) is 48.3 Å². The number of nitrogens with zero attached hydrogens (tertiary/aromatic N) is 5. The highest BCUT2D eigenvalue weighted by Crippen LogP contribution is 2.34. The second kappa shape index (κ2) is 18.1. The molecule has 2 aliphatic heterocycles. The Kier molecular flexibility index (Phi) is 12.9. The molecule has 0 aromatic heterocycles. The minimum atomic E-state index is -4.50. The minimum absolute atomic E-state index is 0.0993. The van der Waals surface area contributed by atoms with Crippen LogP contribution in [-0.2, 0) is 26.6 Å². The summed E-state index contributed by atoms with van der Waals surface area (Å²) >= 11 is 7.74. The van der Waals surface area contributed by atoms with Gasteiger partial charge in [-0.25, -0.2) is 8.42 Å². The van der Waals surface area contributed by atoms with Gasteiger partial charge < -0.3 is 15.1 Å². The highest BCUT2D eigenvalue weighted by molar-refractivity contribution is 7.99. The number of piperazine rings is 1. The average molecular weight is 875 g/mol. The van der Waals surface area contributed by atoms with Crippen molar-refractivity contribution in [1.82, 2.24) is 14.5 Å². The number of thioether (sulfide) groups is 1. The molecule has 1 saturated heterocycles. The molecule has 1 fully saturated rings. The van der Waals surface area contributed by atoms with Crippen molar-refractivity contribution < 1.29 is 21.8 Å². The Labute approximate surface area is 354 Å². The van der Waals surface area contributed by atoms with E-state index < -0.39 is 35.6 Å². The first kappa shape index (κ1) is 42.2. The summed E-state index contributed by atoms with van der Waals surface area (Å²) in [6, 6.07) is 34.1. The van der Waals surface area contributed by atoms with Crippen LogP contribution in [0.15, 0.2) is 134 Å². The van der Waals surface area contributed by atoms with Crippen molar-refractivity contribution in [3.63, 3.8) is 0 Å². The normalized spacial score (nSPS) is 15.7. The van der Waals surface area contributed by atoms with Crippen LogP contribution < -0.4 is 14.9 Å². The van der Waals surface area contributed by atoms with Gasteiger partial charge in [-0.1, -0.05) is 66.2 Å². The lowest BCUT2D eigenvalue weighted by Gasteiger charge is -2.36. The molecule has 13 nitrogen and oxygen atoms in total. The maximum absolute atomic E-state index is 13.7. The fourth-order valence-electron chi connectivity index (χ4n) is 7.07. The van der Waals surface area contributed by atoms with Gasteiger partial charge in [-0.15, -0.1) is 16.2 Å². The predicted molar refractivity (Wildman–Crippen MR) is 236 cm³/mol. The smallest absolute Gasteiger partial charge is 0.293 e. The first-order chi connectivity index (χ1) is 28.3. The highest BCUT2D eigenvalue weighted by Gasteiger charge is 2.34. The number of hydrogen-bond acceptors (Lipinski definition) is 11. The maximum Gasteiger partial charge on any atom is 0.293 e. The SMILES string of the molecule is CN(C)CC[C@H](CSc1ccccc1)Nc1ccc(S(=O)(=O)NC2=NS(=O)(=O)c3cc(N4CCN(Cc5ccccc5-c5ccc(Cl)cc5)CC4)ccc32)cc1[N+](=O)[O-]. The molecule has 0 radical (unpaired) electrons. The van der Waals surface area contributed by atoms with Gasteiger partial charge >= 0.3 is 0 Å². The first-order valence-corrected chi connectivity index (χ1v) is 23.3. The summed E-state index contributed by atoms with van der Waals surface area (Å²) in [6.07, 6.45) is 0.679. The lowest BCUT2D eigenvalue weighted by molar-refractivity contribution is -0.384. The third-order valence-electron chi connectivity index (χ3n) is 10.2. The Morgan fingerprint density at radius 1 is 0.898 bits per heavy atom. The molecule has 7 rings (SSSR count). The quantitative estimate of drug-likeness (QED) is 0.0624. The second-order valence-corrected chi connectivity index (χ2v) is 19.4. The van der Waals surface area contributed by atoms with Crippen molar-refractivity contribution in [2.75, 3.05) is 62.8 Å². The fourth-order valence-corrected chi connectivity index (χ4v) is 10.5. The zero-order chi connectivity index (χ0) is 41.7. The van der Waals surface area contributed by atoms with Crippen molar-refractivity contribution in [2.24, 2.45) is 4.40 Å². The van der Waals surface area contributed by atoms with Gasteiger partial charge in [0.1, 0.15) is 10.6 Å². The van der Waals surface area contributed by atoms with Gasteiger partial charge in [0, 0.05) is 71.8 Å². The van der Waals surface area contributed by atoms with E-state index in [1.165, 1.54) is 23.8 Å². The molecular formula is C42H44ClN7O6S3. The molecule has 59 heavy (non-hydrogen) atoms. The number of hydrogen-bond donors (Lipinski definition) is 2. The van der Waals surface area contributed by atoms with Gasteiger partial charge in [0.2, 0.25) is 0 Å². The molecule has 2 aliphatic rings. The third kappa shape index (κ3) is 10.3. The Morgan fingerprint density at radius 2 is 1.61 bits per heavy atom. The van der Waals surface area contributed by atoms with Gasteiger partial charge in [0.05, 0.1) is 9.82 Å². The molecule has 0 amide bonds. The average Bonchev–Trinajstić information content (AvgIpc) is 3.47. The second-order valence-electron chi connectivity index (χ2n) is 14.6. The van der Waals surface area contributed by atoms with Crippen molar-refractivity contribution in [3.05, 3.63) is 142 Å². The van der Waals surface area contributed by atoms with Crippen LogP contribution in [-0.4, -0.2) is 96.0 Å². The number of anilines is 2. The molecule has 2 N–H and O–H groups in total. The summed E-state index contributed by atoms with van der Waals surface area (Å²) in [5.74, 6) is 0.241. The monoisotopic (exact) mass is 873 g/mol. The number of sulfonamides is 2. The van der Waals surface area contributed by atoms with E-state index in [1.54, 1.807) is 23.9 Å². The molecule has 0 unspecified atom stereocenters. The molecule has 0 spiro atoms. The number of fused-ring (bicyclic) bond motifs is 1. The van der Waals surface area contributed by atoms with E-state index in [2.05, 4.69) is 36.4 Å². The third-order valence-corrected chi connectivity index (χ3v) is 14.3. The largest absolute Gasteiger partial charge is 0.376 e. The number of amidine groups is 1. The van der Waals surface area contributed by atoms with Crippen LogP contribution in [0.5, 0.6) is 0 Å². The lowest BCUT2D eigenvalue weighted by Crippen LogP contribution is -2.46. The van der Waals surface area contributed by atoms with Gasteiger partial charge in [0.25, 0.3) is 25.7 Å². The summed E-state index contributed by atoms with van der Waals surface area (Å²) in [4.78, 5) is 18.7. The molecule has 5 aromatic rings. The number of benzene rings is 5. The molecular weight excluding hydrogens is 830 g/mol. The summed E-state index contributed by atoms with van der Waals surface area (Å²) < 4.78 is 60.1. The Bertz CT molecular complexity index is 2570. The zero-order valence-corrected chi connectivity index (χ0v) is 35.7. The van der Waals surface area contributed by atoms with Crippen LogP contribution in [0.2, 0.25) is 5.02 Å². The van der Waals surface area contributed by atoms with E-state index in [-0.39, 0.29) is 28.0 Å². The number of rotatable bonds is 15. The number of halogens is 1. The Balaban J connectivity index is 1.03. The van der Waals surface area contributed by atoms with Crippen LogP contribution in [0.25, 0.3) is 11.1 Å². The number of nitrogens with one attached hydrogen (secondary N) is 2. The van der Waals surface area contributed by atoms with Gasteiger partial charge in [-0.3, -0.25) is 19.7 Å². The van der Waals surface area contributed by atoms with Crippen LogP contribution >= 0.6 is 23.4 Å². The van der Waals surface area contributed by atoms with Crippen LogP contribution in [0.1, 0.15) is 17.5 Å². The predicted octanol–water partition coefficient (Wildman–Crippen LogP) is 7.19. The Morgan fingerprint density at radius 3 is 2.32 bits per heavy atom. The summed E-state index contributed by atoms with van der Waals surface area (Å²) in [5.41, 5.74) is 3.95. The van der Waals surface area contributed by atoms with Gasteiger partial charge in [-0.2, -0.15) is 8.42 Å². The van der Waals surface area contributed by atoms with Crippen LogP contribution in [0, 0.1) is 10.1 Å². The molecule has 308 valence electrons. The lowest BCUT2D eigenvalue weighted by atomic mass is 9.99. The van der Waals surface area contributed by atoms with Crippen molar-refractivity contribution >= 4 is 66.3 Å². The van der Waals surface area contributed by atoms with E-state index in [4.69, 9.17) is 11.6 Å². The van der Waals surface area contributed by atoms with Gasteiger partial charge in [0.15, 0.2) is 5.84 Å². The van der Waals surface area contributed by atoms with E-state index in [0.29, 0.717) is 36.0 Å². The maximum atomic E-state index is 13.7. The molecule has 2 heterocycles. The summed E-state index contributed by atoms with van der Waals surface area (Å²) in [5, 5.41) is 16.2. The zero-order valence-electron chi connectivity index (χ0n) is 32.5. The van der Waals surface area contributed by atoms with Crippen molar-refractivity contribution in [3.8, 4) is 11.1 Å². The standard InChI is InChI=1S/C42H44ClN7O6S3/c1-47(2)21-20-33(29-57-35-9-4-3-5-10-35)44-39-19-17-36(27-40(39)50(51)52)58(53,54)45-42-38-18-16-34(26-41(38)59(55,56)46-42)49-24-22-48(23-25-49)28-31-8-6-7-11-37(31)30-12-14-32(43)15-13-30/h3-19,26-27,33,44H,20-25,28-29H2,1-2H3,(H,45,46)/t33-/m1/s1. The molecule has 0 aliphatic carbocycles.